The Morgan fingerprint density at radius 1 is 1.00 bits per heavy atom. The SMILES string of the molecule is CCC(N)Cc1ccccc1N1Cc2ccccc2C1. The Balaban J connectivity index is 1.85. The summed E-state index contributed by atoms with van der Waals surface area (Å²) in [5.74, 6) is 0. The fourth-order valence-electron chi connectivity index (χ4n) is 2.92. The van der Waals surface area contributed by atoms with Gasteiger partial charge < -0.3 is 10.6 Å². The molecule has 1 heterocycles. The second-order valence-corrected chi connectivity index (χ2v) is 5.63. The molecular weight excluding hydrogens is 244 g/mol. The van der Waals surface area contributed by atoms with Crippen molar-refractivity contribution in [3.05, 3.63) is 65.2 Å². The largest absolute Gasteiger partial charge is 0.363 e. The van der Waals surface area contributed by atoms with E-state index in [1.165, 1.54) is 22.4 Å². The van der Waals surface area contributed by atoms with Gasteiger partial charge in [-0.1, -0.05) is 49.4 Å². The van der Waals surface area contributed by atoms with Crippen LogP contribution in [0.15, 0.2) is 48.5 Å². The van der Waals surface area contributed by atoms with Gasteiger partial charge in [0.05, 0.1) is 0 Å². The molecule has 0 spiro atoms. The van der Waals surface area contributed by atoms with Crippen LogP contribution in [-0.2, 0) is 19.5 Å². The van der Waals surface area contributed by atoms with Gasteiger partial charge in [-0.25, -0.2) is 0 Å². The molecule has 0 radical (unpaired) electrons. The second-order valence-electron chi connectivity index (χ2n) is 5.63. The number of hydrogen-bond acceptors (Lipinski definition) is 2. The number of nitrogens with two attached hydrogens (primary N) is 1. The molecule has 2 nitrogen and oxygen atoms in total. The minimum atomic E-state index is 0.251. The first-order valence-electron chi connectivity index (χ1n) is 7.43. The van der Waals surface area contributed by atoms with Gasteiger partial charge in [-0.3, -0.25) is 0 Å². The summed E-state index contributed by atoms with van der Waals surface area (Å²) in [6, 6.07) is 17.6. The normalized spacial score (nSPS) is 15.2. The Hall–Kier alpha value is -1.80. The van der Waals surface area contributed by atoms with E-state index in [2.05, 4.69) is 60.4 Å². The summed E-state index contributed by atoms with van der Waals surface area (Å²) in [6.45, 7) is 4.17. The Morgan fingerprint density at radius 2 is 1.60 bits per heavy atom. The molecular formula is C18H22N2. The molecule has 1 unspecified atom stereocenters. The molecule has 0 bridgehead atoms. The third-order valence-electron chi connectivity index (χ3n) is 4.18. The first-order valence-corrected chi connectivity index (χ1v) is 7.43. The van der Waals surface area contributed by atoms with Crippen LogP contribution in [0, 0.1) is 0 Å². The van der Waals surface area contributed by atoms with Crippen LogP contribution in [0.3, 0.4) is 0 Å². The summed E-state index contributed by atoms with van der Waals surface area (Å²) in [5, 5.41) is 0. The van der Waals surface area contributed by atoms with Crippen LogP contribution < -0.4 is 10.6 Å². The van der Waals surface area contributed by atoms with E-state index in [0.717, 1.165) is 25.9 Å². The minimum Gasteiger partial charge on any atom is -0.363 e. The van der Waals surface area contributed by atoms with Gasteiger partial charge in [0.15, 0.2) is 0 Å². The number of anilines is 1. The Morgan fingerprint density at radius 3 is 2.25 bits per heavy atom. The van der Waals surface area contributed by atoms with E-state index in [1.807, 2.05) is 0 Å². The quantitative estimate of drug-likeness (QED) is 0.918. The second kappa shape index (κ2) is 5.68. The molecule has 2 heteroatoms. The van der Waals surface area contributed by atoms with Gasteiger partial charge in [0.1, 0.15) is 0 Å². The van der Waals surface area contributed by atoms with Gasteiger partial charge in [0.2, 0.25) is 0 Å². The highest BCUT2D eigenvalue weighted by molar-refractivity contribution is 5.57. The van der Waals surface area contributed by atoms with Crippen molar-refractivity contribution < 1.29 is 0 Å². The standard InChI is InChI=1S/C18H22N2/c1-2-17(19)11-14-7-5-6-10-18(14)20-12-15-8-3-4-9-16(15)13-20/h3-10,17H,2,11-13,19H2,1H3. The van der Waals surface area contributed by atoms with Gasteiger partial charge in [-0.05, 0) is 35.6 Å². The third-order valence-corrected chi connectivity index (χ3v) is 4.18. The van der Waals surface area contributed by atoms with E-state index in [0.29, 0.717) is 0 Å². The smallest absolute Gasteiger partial charge is 0.0436 e. The number of hydrogen-bond donors (Lipinski definition) is 1. The van der Waals surface area contributed by atoms with Crippen LogP contribution in [0.5, 0.6) is 0 Å². The molecule has 2 N–H and O–H groups in total. The van der Waals surface area contributed by atoms with Gasteiger partial charge in [-0.15, -0.1) is 0 Å². The highest BCUT2D eigenvalue weighted by Crippen LogP contribution is 2.31. The molecule has 3 rings (SSSR count). The maximum absolute atomic E-state index is 6.14. The van der Waals surface area contributed by atoms with Crippen molar-refractivity contribution >= 4 is 5.69 Å². The van der Waals surface area contributed by atoms with E-state index in [1.54, 1.807) is 0 Å². The van der Waals surface area contributed by atoms with Crippen molar-refractivity contribution in [2.45, 2.75) is 38.9 Å². The lowest BCUT2D eigenvalue weighted by Gasteiger charge is -2.22. The zero-order chi connectivity index (χ0) is 13.9. The van der Waals surface area contributed by atoms with E-state index in [9.17, 15) is 0 Å². The van der Waals surface area contributed by atoms with Gasteiger partial charge >= 0.3 is 0 Å². The molecule has 1 aliphatic heterocycles. The summed E-state index contributed by atoms with van der Waals surface area (Å²) < 4.78 is 0. The van der Waals surface area contributed by atoms with Gasteiger partial charge in [0.25, 0.3) is 0 Å². The number of rotatable bonds is 4. The molecule has 2 aromatic carbocycles. The zero-order valence-electron chi connectivity index (χ0n) is 12.0. The molecule has 0 aliphatic carbocycles. The van der Waals surface area contributed by atoms with E-state index in [4.69, 9.17) is 5.73 Å². The zero-order valence-corrected chi connectivity index (χ0v) is 12.0. The highest BCUT2D eigenvalue weighted by Gasteiger charge is 2.20. The topological polar surface area (TPSA) is 29.3 Å². The van der Waals surface area contributed by atoms with Crippen molar-refractivity contribution in [2.24, 2.45) is 5.73 Å². The van der Waals surface area contributed by atoms with Crippen LogP contribution in [-0.4, -0.2) is 6.04 Å². The summed E-state index contributed by atoms with van der Waals surface area (Å²) in [7, 11) is 0. The molecule has 0 fully saturated rings. The maximum atomic E-state index is 6.14. The fraction of sp³-hybridized carbons (Fsp3) is 0.333. The van der Waals surface area contributed by atoms with Crippen molar-refractivity contribution in [1.82, 2.24) is 0 Å². The molecule has 104 valence electrons. The molecule has 0 amide bonds. The Kier molecular flexibility index (Phi) is 3.75. The van der Waals surface area contributed by atoms with Crippen LogP contribution in [0.4, 0.5) is 5.69 Å². The third kappa shape index (κ3) is 2.56. The van der Waals surface area contributed by atoms with Crippen molar-refractivity contribution in [3.63, 3.8) is 0 Å². The predicted molar refractivity (Wildman–Crippen MR) is 84.7 cm³/mol. The van der Waals surface area contributed by atoms with Gasteiger partial charge in [-0.2, -0.15) is 0 Å². The lowest BCUT2D eigenvalue weighted by atomic mass is 10.0. The predicted octanol–water partition coefficient (Wildman–Crippen LogP) is 3.49. The van der Waals surface area contributed by atoms with Crippen LogP contribution in [0.2, 0.25) is 0 Å². The molecule has 0 saturated carbocycles. The average molecular weight is 266 g/mol. The van der Waals surface area contributed by atoms with Crippen LogP contribution in [0.1, 0.15) is 30.0 Å². The Labute approximate surface area is 121 Å². The molecule has 2 aromatic rings. The van der Waals surface area contributed by atoms with Crippen molar-refractivity contribution in [3.8, 4) is 0 Å². The minimum absolute atomic E-state index is 0.251. The van der Waals surface area contributed by atoms with Crippen molar-refractivity contribution in [1.29, 1.82) is 0 Å². The summed E-state index contributed by atoms with van der Waals surface area (Å²) in [5.41, 5.74) is 11.7. The number of para-hydroxylation sites is 1. The molecule has 20 heavy (non-hydrogen) atoms. The maximum Gasteiger partial charge on any atom is 0.0436 e. The molecule has 0 saturated heterocycles. The first kappa shape index (κ1) is 13.2. The Bertz CT molecular complexity index is 566. The molecule has 1 atom stereocenters. The van der Waals surface area contributed by atoms with Gasteiger partial charge in [0, 0.05) is 24.8 Å². The first-order chi connectivity index (χ1) is 9.78. The number of benzene rings is 2. The van der Waals surface area contributed by atoms with E-state index < -0.39 is 0 Å². The monoisotopic (exact) mass is 266 g/mol. The summed E-state index contributed by atoms with van der Waals surface area (Å²) in [6.07, 6.45) is 1.98. The van der Waals surface area contributed by atoms with Crippen LogP contribution >= 0.6 is 0 Å². The lowest BCUT2D eigenvalue weighted by Crippen LogP contribution is -2.24. The van der Waals surface area contributed by atoms with E-state index in [-0.39, 0.29) is 6.04 Å². The summed E-state index contributed by atoms with van der Waals surface area (Å²) in [4.78, 5) is 2.46. The number of nitrogens with zero attached hydrogens (tertiary/aromatic N) is 1. The van der Waals surface area contributed by atoms with E-state index >= 15 is 0 Å². The van der Waals surface area contributed by atoms with Crippen molar-refractivity contribution in [2.75, 3.05) is 4.90 Å². The average Bonchev–Trinajstić information content (AvgIpc) is 2.91. The fourth-order valence-corrected chi connectivity index (χ4v) is 2.92. The number of fused-ring (bicyclic) bond motifs is 1. The summed E-state index contributed by atoms with van der Waals surface area (Å²) >= 11 is 0. The van der Waals surface area contributed by atoms with Crippen LogP contribution in [0.25, 0.3) is 0 Å². The molecule has 1 aliphatic rings. The lowest BCUT2D eigenvalue weighted by molar-refractivity contribution is 0.644. The molecule has 0 aromatic heterocycles. The highest BCUT2D eigenvalue weighted by atomic mass is 15.1.